The second-order valence-corrected chi connectivity index (χ2v) is 6.60. The second-order valence-electron chi connectivity index (χ2n) is 6.60. The van der Waals surface area contributed by atoms with E-state index < -0.39 is 12.0 Å². The van der Waals surface area contributed by atoms with Crippen LogP contribution in [0.2, 0.25) is 0 Å². The topological polar surface area (TPSA) is 93.9 Å². The molecule has 1 atom stereocenters. The molecule has 1 N–H and O–H groups in total. The van der Waals surface area contributed by atoms with Gasteiger partial charge in [0, 0.05) is 24.4 Å². The van der Waals surface area contributed by atoms with Crippen molar-refractivity contribution >= 4 is 23.2 Å². The van der Waals surface area contributed by atoms with Gasteiger partial charge >= 0.3 is 0 Å². The number of aromatic nitrogens is 1. The molecule has 0 aliphatic carbocycles. The largest absolute Gasteiger partial charge is 0.497 e. The first-order chi connectivity index (χ1) is 14.0. The number of hydrogen-bond acceptors (Lipinski definition) is 6. The number of hydrogen-bond donors (Lipinski definition) is 1. The lowest BCUT2D eigenvalue weighted by atomic mass is 10.1. The van der Waals surface area contributed by atoms with Gasteiger partial charge in [-0.05, 0) is 49.4 Å². The standard InChI is InChI=1S/C21H19N3O5/c1-12-21(26)24(2)17-10-14(6-9-18(17)28-12)22-20(25)16-11-19(29-23-16)13-4-7-15(27-3)8-5-13/h4-12H,1-3H3,(H,22,25)/t12-/m0/s1. The molecule has 0 saturated heterocycles. The number of rotatable bonds is 4. The van der Waals surface area contributed by atoms with Gasteiger partial charge in [0.05, 0.1) is 12.8 Å². The summed E-state index contributed by atoms with van der Waals surface area (Å²) in [6, 6.07) is 13.9. The number of carbonyl (C=O) groups is 2. The maximum atomic E-state index is 12.6. The van der Waals surface area contributed by atoms with Gasteiger partial charge < -0.3 is 24.2 Å². The molecule has 2 amide bonds. The first-order valence-corrected chi connectivity index (χ1v) is 8.97. The van der Waals surface area contributed by atoms with Gasteiger partial charge in [-0.25, -0.2) is 0 Å². The SMILES string of the molecule is COc1ccc(-c2cc(C(=O)Nc3ccc4c(c3)N(C)C(=O)[C@H](C)O4)no2)cc1. The molecule has 2 heterocycles. The maximum absolute atomic E-state index is 12.6. The molecule has 3 aromatic rings. The molecule has 8 heteroatoms. The van der Waals surface area contributed by atoms with E-state index in [-0.39, 0.29) is 11.6 Å². The molecule has 0 spiro atoms. The molecule has 148 valence electrons. The lowest BCUT2D eigenvalue weighted by Gasteiger charge is -2.30. The van der Waals surface area contributed by atoms with E-state index in [1.807, 2.05) is 12.1 Å². The summed E-state index contributed by atoms with van der Waals surface area (Å²) in [5, 5.41) is 6.61. The summed E-state index contributed by atoms with van der Waals surface area (Å²) >= 11 is 0. The minimum atomic E-state index is -0.542. The fourth-order valence-corrected chi connectivity index (χ4v) is 3.06. The molecule has 0 fully saturated rings. The zero-order chi connectivity index (χ0) is 20.5. The molecule has 4 rings (SSSR count). The van der Waals surface area contributed by atoms with E-state index in [2.05, 4.69) is 10.5 Å². The van der Waals surface area contributed by atoms with E-state index in [0.29, 0.717) is 22.9 Å². The minimum absolute atomic E-state index is 0.142. The lowest BCUT2D eigenvalue weighted by molar-refractivity contribution is -0.125. The Morgan fingerprint density at radius 3 is 2.66 bits per heavy atom. The molecule has 29 heavy (non-hydrogen) atoms. The number of ether oxygens (including phenoxy) is 2. The number of likely N-dealkylation sites (N-methyl/N-ethyl adjacent to an activating group) is 1. The number of fused-ring (bicyclic) bond motifs is 1. The Bertz CT molecular complexity index is 1070. The number of benzene rings is 2. The molecule has 0 bridgehead atoms. The van der Waals surface area contributed by atoms with Crippen LogP contribution in [0, 0.1) is 0 Å². The van der Waals surface area contributed by atoms with E-state index in [1.165, 1.54) is 4.90 Å². The highest BCUT2D eigenvalue weighted by Crippen LogP contribution is 2.35. The van der Waals surface area contributed by atoms with Gasteiger partial charge in [-0.2, -0.15) is 0 Å². The van der Waals surface area contributed by atoms with Crippen LogP contribution in [0.5, 0.6) is 11.5 Å². The van der Waals surface area contributed by atoms with Crippen LogP contribution >= 0.6 is 0 Å². The van der Waals surface area contributed by atoms with Gasteiger partial charge in [0.1, 0.15) is 11.5 Å². The smallest absolute Gasteiger partial charge is 0.277 e. The fourth-order valence-electron chi connectivity index (χ4n) is 3.06. The predicted octanol–water partition coefficient (Wildman–Crippen LogP) is 3.35. The van der Waals surface area contributed by atoms with E-state index in [9.17, 15) is 9.59 Å². The van der Waals surface area contributed by atoms with Gasteiger partial charge in [0.2, 0.25) is 0 Å². The molecule has 0 radical (unpaired) electrons. The molecular weight excluding hydrogens is 374 g/mol. The number of anilines is 2. The zero-order valence-corrected chi connectivity index (χ0v) is 16.1. The van der Waals surface area contributed by atoms with Crippen LogP contribution in [0.25, 0.3) is 11.3 Å². The average Bonchev–Trinajstić information content (AvgIpc) is 3.23. The number of methoxy groups -OCH3 is 1. The molecule has 1 aliphatic heterocycles. The van der Waals surface area contributed by atoms with Gasteiger partial charge in [-0.3, -0.25) is 9.59 Å². The van der Waals surface area contributed by atoms with Crippen molar-refractivity contribution in [1.29, 1.82) is 0 Å². The normalized spacial score (nSPS) is 15.5. The van der Waals surface area contributed by atoms with E-state index in [0.717, 1.165) is 11.3 Å². The van der Waals surface area contributed by atoms with Crippen molar-refractivity contribution in [2.24, 2.45) is 0 Å². The zero-order valence-electron chi connectivity index (χ0n) is 16.1. The van der Waals surface area contributed by atoms with Crippen molar-refractivity contribution < 1.29 is 23.6 Å². The van der Waals surface area contributed by atoms with Crippen LogP contribution in [-0.4, -0.2) is 37.2 Å². The van der Waals surface area contributed by atoms with Gasteiger partial charge in [-0.15, -0.1) is 0 Å². The predicted molar refractivity (Wildman–Crippen MR) is 106 cm³/mol. The van der Waals surface area contributed by atoms with Crippen molar-refractivity contribution in [3.05, 3.63) is 54.2 Å². The average molecular weight is 393 g/mol. The van der Waals surface area contributed by atoms with Crippen molar-refractivity contribution in [3.8, 4) is 22.8 Å². The maximum Gasteiger partial charge on any atom is 0.277 e. The molecule has 8 nitrogen and oxygen atoms in total. The molecule has 2 aromatic carbocycles. The van der Waals surface area contributed by atoms with Crippen LogP contribution in [0.1, 0.15) is 17.4 Å². The molecular formula is C21H19N3O5. The van der Waals surface area contributed by atoms with Gasteiger partial charge in [-0.1, -0.05) is 5.16 Å². The molecule has 1 aromatic heterocycles. The first kappa shape index (κ1) is 18.5. The Kier molecular flexibility index (Phi) is 4.67. The number of nitrogens with one attached hydrogen (secondary N) is 1. The summed E-state index contributed by atoms with van der Waals surface area (Å²) < 4.78 is 16.0. The van der Waals surface area contributed by atoms with E-state index >= 15 is 0 Å². The Balaban J connectivity index is 1.52. The summed E-state index contributed by atoms with van der Waals surface area (Å²) in [5.41, 5.74) is 2.02. The summed E-state index contributed by atoms with van der Waals surface area (Å²) in [6.07, 6.45) is -0.542. The first-order valence-electron chi connectivity index (χ1n) is 8.97. The highest BCUT2D eigenvalue weighted by molar-refractivity contribution is 6.05. The van der Waals surface area contributed by atoms with Crippen LogP contribution in [0.15, 0.2) is 53.1 Å². The summed E-state index contributed by atoms with van der Waals surface area (Å²) in [6.45, 7) is 1.70. The highest BCUT2D eigenvalue weighted by Gasteiger charge is 2.29. The summed E-state index contributed by atoms with van der Waals surface area (Å²) in [4.78, 5) is 26.2. The quantitative estimate of drug-likeness (QED) is 0.731. The Labute approximate surface area is 167 Å². The van der Waals surface area contributed by atoms with Crippen molar-refractivity contribution in [3.63, 3.8) is 0 Å². The van der Waals surface area contributed by atoms with E-state index in [1.54, 1.807) is 57.5 Å². The third-order valence-corrected chi connectivity index (χ3v) is 4.68. The number of amides is 2. The van der Waals surface area contributed by atoms with Gasteiger partial charge in [0.25, 0.3) is 11.8 Å². The Hall–Kier alpha value is -3.81. The van der Waals surface area contributed by atoms with Crippen molar-refractivity contribution in [1.82, 2.24) is 5.16 Å². The molecule has 0 unspecified atom stereocenters. The van der Waals surface area contributed by atoms with Gasteiger partial charge in [0.15, 0.2) is 17.6 Å². The minimum Gasteiger partial charge on any atom is -0.497 e. The second kappa shape index (κ2) is 7.31. The molecule has 1 aliphatic rings. The van der Waals surface area contributed by atoms with Crippen LogP contribution in [0.3, 0.4) is 0 Å². The Morgan fingerprint density at radius 2 is 1.93 bits per heavy atom. The number of nitrogens with zero attached hydrogens (tertiary/aromatic N) is 2. The van der Waals surface area contributed by atoms with Crippen LogP contribution < -0.4 is 19.7 Å². The fraction of sp³-hybridized carbons (Fsp3) is 0.190. The third kappa shape index (κ3) is 3.52. The number of carbonyl (C=O) groups excluding carboxylic acids is 2. The lowest BCUT2D eigenvalue weighted by Crippen LogP contribution is -2.41. The van der Waals surface area contributed by atoms with Crippen molar-refractivity contribution in [2.75, 3.05) is 24.4 Å². The van der Waals surface area contributed by atoms with E-state index in [4.69, 9.17) is 14.0 Å². The van der Waals surface area contributed by atoms with Crippen LogP contribution in [0.4, 0.5) is 11.4 Å². The third-order valence-electron chi connectivity index (χ3n) is 4.68. The highest BCUT2D eigenvalue weighted by atomic mass is 16.5. The summed E-state index contributed by atoms with van der Waals surface area (Å²) in [7, 11) is 3.26. The van der Waals surface area contributed by atoms with Crippen molar-refractivity contribution in [2.45, 2.75) is 13.0 Å². The molecule has 0 saturated carbocycles. The summed E-state index contributed by atoms with van der Waals surface area (Å²) in [5.74, 6) is 1.20. The monoisotopic (exact) mass is 393 g/mol. The Morgan fingerprint density at radius 1 is 1.17 bits per heavy atom. The van der Waals surface area contributed by atoms with Crippen LogP contribution in [-0.2, 0) is 4.79 Å².